The summed E-state index contributed by atoms with van der Waals surface area (Å²) < 4.78 is 5.11. The number of hydrogen-bond acceptors (Lipinski definition) is 4. The maximum Gasteiger partial charge on any atom is 0.244 e. The molecule has 1 aliphatic rings. The van der Waals surface area contributed by atoms with Crippen LogP contribution in [0.1, 0.15) is 19.8 Å². The van der Waals surface area contributed by atoms with Crippen LogP contribution in [0.3, 0.4) is 0 Å². The fourth-order valence-electron chi connectivity index (χ4n) is 3.22. The van der Waals surface area contributed by atoms with Gasteiger partial charge in [0.25, 0.3) is 0 Å². The lowest BCUT2D eigenvalue weighted by molar-refractivity contribution is -0.120. The van der Waals surface area contributed by atoms with Crippen molar-refractivity contribution in [1.82, 2.24) is 0 Å². The van der Waals surface area contributed by atoms with Gasteiger partial charge in [-0.25, -0.2) is 0 Å². The highest BCUT2D eigenvalue weighted by Crippen LogP contribution is 2.24. The summed E-state index contributed by atoms with van der Waals surface area (Å²) in [4.78, 5) is 28.3. The van der Waals surface area contributed by atoms with Crippen molar-refractivity contribution < 1.29 is 14.3 Å². The predicted octanol–water partition coefficient (Wildman–Crippen LogP) is 3.29. The Morgan fingerprint density at radius 3 is 2.22 bits per heavy atom. The highest BCUT2D eigenvalue weighted by atomic mass is 16.5. The number of rotatable bonds is 6. The van der Waals surface area contributed by atoms with E-state index in [1.54, 1.807) is 31.4 Å². The van der Waals surface area contributed by atoms with E-state index in [4.69, 9.17) is 4.74 Å². The zero-order chi connectivity index (χ0) is 19.2. The zero-order valence-electron chi connectivity index (χ0n) is 15.8. The van der Waals surface area contributed by atoms with Gasteiger partial charge < -0.3 is 19.9 Å². The third-order valence-corrected chi connectivity index (χ3v) is 4.69. The first-order valence-corrected chi connectivity index (χ1v) is 9.14. The van der Waals surface area contributed by atoms with Crippen molar-refractivity contribution in [2.75, 3.05) is 41.9 Å². The third-order valence-electron chi connectivity index (χ3n) is 4.69. The molecule has 0 aromatic heterocycles. The normalized spacial score (nSPS) is 13.3. The second kappa shape index (κ2) is 8.58. The minimum absolute atomic E-state index is 0.0373. The molecule has 0 bridgehead atoms. The number of benzene rings is 2. The average molecular weight is 367 g/mol. The topological polar surface area (TPSA) is 61.9 Å². The van der Waals surface area contributed by atoms with Crippen LogP contribution < -0.4 is 19.9 Å². The van der Waals surface area contributed by atoms with Gasteiger partial charge in [-0.2, -0.15) is 0 Å². The van der Waals surface area contributed by atoms with Gasteiger partial charge in [-0.15, -0.1) is 0 Å². The summed E-state index contributed by atoms with van der Waals surface area (Å²) in [6, 6.07) is 14.9. The summed E-state index contributed by atoms with van der Waals surface area (Å²) in [5.41, 5.74) is 2.53. The van der Waals surface area contributed by atoms with Crippen LogP contribution in [-0.2, 0) is 9.59 Å². The number of nitrogens with zero attached hydrogens (tertiary/aromatic N) is 2. The lowest BCUT2D eigenvalue weighted by Gasteiger charge is -2.23. The first-order valence-electron chi connectivity index (χ1n) is 9.14. The van der Waals surface area contributed by atoms with Crippen LogP contribution in [-0.4, -0.2) is 38.6 Å². The fourth-order valence-corrected chi connectivity index (χ4v) is 3.22. The van der Waals surface area contributed by atoms with Crippen molar-refractivity contribution in [3.05, 3.63) is 48.5 Å². The largest absolute Gasteiger partial charge is 0.497 e. The van der Waals surface area contributed by atoms with Gasteiger partial charge in [0, 0.05) is 37.1 Å². The van der Waals surface area contributed by atoms with Gasteiger partial charge in [0.1, 0.15) is 12.3 Å². The minimum atomic E-state index is -0.251. The molecular weight excluding hydrogens is 342 g/mol. The molecule has 0 unspecified atom stereocenters. The van der Waals surface area contributed by atoms with Crippen LogP contribution in [0.4, 0.5) is 17.1 Å². The minimum Gasteiger partial charge on any atom is -0.497 e. The van der Waals surface area contributed by atoms with E-state index in [-0.39, 0.29) is 18.4 Å². The van der Waals surface area contributed by atoms with Gasteiger partial charge in [0.15, 0.2) is 0 Å². The SMILES string of the molecule is COc1ccc(NC(=O)CN(C(C)=O)c2ccc(N3CCCC3)cc2)cc1. The Hall–Kier alpha value is -3.02. The smallest absolute Gasteiger partial charge is 0.244 e. The first kappa shape index (κ1) is 18.8. The number of anilines is 3. The van der Waals surface area contributed by atoms with Gasteiger partial charge >= 0.3 is 0 Å². The quantitative estimate of drug-likeness (QED) is 0.851. The van der Waals surface area contributed by atoms with Crippen molar-refractivity contribution in [3.63, 3.8) is 0 Å². The highest BCUT2D eigenvalue weighted by Gasteiger charge is 2.17. The third kappa shape index (κ3) is 4.78. The van der Waals surface area contributed by atoms with Crippen LogP contribution in [0.2, 0.25) is 0 Å². The van der Waals surface area contributed by atoms with Crippen LogP contribution >= 0.6 is 0 Å². The highest BCUT2D eigenvalue weighted by molar-refractivity contribution is 6.01. The average Bonchev–Trinajstić information content (AvgIpc) is 3.21. The predicted molar refractivity (Wildman–Crippen MR) is 108 cm³/mol. The second-order valence-electron chi connectivity index (χ2n) is 6.59. The Balaban J connectivity index is 1.65. The van der Waals surface area contributed by atoms with Crippen molar-refractivity contribution >= 4 is 28.9 Å². The molecule has 142 valence electrons. The number of hydrogen-bond donors (Lipinski definition) is 1. The van der Waals surface area contributed by atoms with Crippen LogP contribution in [0, 0.1) is 0 Å². The van der Waals surface area contributed by atoms with Crippen molar-refractivity contribution in [3.8, 4) is 5.75 Å². The van der Waals surface area contributed by atoms with Gasteiger partial charge in [0.05, 0.1) is 7.11 Å². The molecule has 0 atom stereocenters. The molecule has 6 heteroatoms. The molecule has 1 fully saturated rings. The molecule has 0 spiro atoms. The summed E-state index contributed by atoms with van der Waals surface area (Å²) in [6.07, 6.45) is 2.43. The van der Waals surface area contributed by atoms with E-state index >= 15 is 0 Å². The van der Waals surface area contributed by atoms with Gasteiger partial charge in [-0.1, -0.05) is 0 Å². The molecule has 0 saturated carbocycles. The summed E-state index contributed by atoms with van der Waals surface area (Å²) in [5, 5.41) is 2.81. The zero-order valence-corrected chi connectivity index (χ0v) is 15.8. The molecule has 2 amide bonds. The number of carbonyl (C=O) groups is 2. The molecule has 0 radical (unpaired) electrons. The van der Waals surface area contributed by atoms with E-state index in [1.807, 2.05) is 24.3 Å². The van der Waals surface area contributed by atoms with E-state index in [1.165, 1.54) is 24.7 Å². The van der Waals surface area contributed by atoms with E-state index in [0.717, 1.165) is 30.2 Å². The Morgan fingerprint density at radius 2 is 1.67 bits per heavy atom. The first-order chi connectivity index (χ1) is 13.1. The molecule has 3 rings (SSSR count). The van der Waals surface area contributed by atoms with E-state index in [2.05, 4.69) is 10.2 Å². The Bertz CT molecular complexity index is 781. The monoisotopic (exact) mass is 367 g/mol. The maximum atomic E-state index is 12.4. The Morgan fingerprint density at radius 1 is 1.04 bits per heavy atom. The molecule has 2 aromatic rings. The summed E-state index contributed by atoms with van der Waals surface area (Å²) in [6.45, 7) is 3.57. The van der Waals surface area contributed by atoms with Crippen LogP contribution in [0.25, 0.3) is 0 Å². The molecule has 1 saturated heterocycles. The number of amides is 2. The molecule has 1 N–H and O–H groups in total. The molecule has 1 heterocycles. The molecule has 2 aromatic carbocycles. The molecular formula is C21H25N3O3. The number of methoxy groups -OCH3 is 1. The molecule has 27 heavy (non-hydrogen) atoms. The van der Waals surface area contributed by atoms with Crippen molar-refractivity contribution in [1.29, 1.82) is 0 Å². The maximum absolute atomic E-state index is 12.4. The summed E-state index contributed by atoms with van der Waals surface area (Å²) in [7, 11) is 1.59. The van der Waals surface area contributed by atoms with Gasteiger partial charge in [0.2, 0.25) is 11.8 Å². The lowest BCUT2D eigenvalue weighted by atomic mass is 10.2. The summed E-state index contributed by atoms with van der Waals surface area (Å²) in [5.74, 6) is 0.296. The number of carbonyl (C=O) groups excluding carboxylic acids is 2. The molecule has 1 aliphatic heterocycles. The van der Waals surface area contributed by atoms with Crippen molar-refractivity contribution in [2.45, 2.75) is 19.8 Å². The molecule has 0 aliphatic carbocycles. The second-order valence-corrected chi connectivity index (χ2v) is 6.59. The van der Waals surface area contributed by atoms with Crippen LogP contribution in [0.15, 0.2) is 48.5 Å². The van der Waals surface area contributed by atoms with E-state index in [0.29, 0.717) is 5.69 Å². The lowest BCUT2D eigenvalue weighted by Crippen LogP contribution is -2.36. The Labute approximate surface area is 159 Å². The van der Waals surface area contributed by atoms with Crippen LogP contribution in [0.5, 0.6) is 5.75 Å². The number of ether oxygens (including phenoxy) is 1. The Kier molecular flexibility index (Phi) is 5.96. The van der Waals surface area contributed by atoms with Gasteiger partial charge in [-0.3, -0.25) is 9.59 Å². The van der Waals surface area contributed by atoms with E-state index < -0.39 is 0 Å². The summed E-state index contributed by atoms with van der Waals surface area (Å²) >= 11 is 0. The standard InChI is InChI=1S/C21H25N3O3/c1-16(25)24(15-21(26)22-17-5-11-20(27-2)12-6-17)19-9-7-18(8-10-19)23-13-3-4-14-23/h5-12H,3-4,13-15H2,1-2H3,(H,22,26). The van der Waals surface area contributed by atoms with E-state index in [9.17, 15) is 9.59 Å². The number of nitrogens with one attached hydrogen (secondary N) is 1. The molecule has 6 nitrogen and oxygen atoms in total. The van der Waals surface area contributed by atoms with Gasteiger partial charge in [-0.05, 0) is 61.4 Å². The van der Waals surface area contributed by atoms with Crippen molar-refractivity contribution in [2.24, 2.45) is 0 Å². The fraction of sp³-hybridized carbons (Fsp3) is 0.333.